The summed E-state index contributed by atoms with van der Waals surface area (Å²) in [7, 11) is 0. The molecule has 2 aromatic heterocycles. The van der Waals surface area contributed by atoms with Gasteiger partial charge in [-0.2, -0.15) is 0 Å². The molecule has 1 saturated carbocycles. The molecule has 0 radical (unpaired) electrons. The van der Waals surface area contributed by atoms with E-state index in [-0.39, 0.29) is 11.4 Å². The van der Waals surface area contributed by atoms with Gasteiger partial charge in [-0.15, -0.1) is 0 Å². The van der Waals surface area contributed by atoms with E-state index in [4.69, 9.17) is 4.74 Å². The molecule has 31 heavy (non-hydrogen) atoms. The highest BCUT2D eigenvalue weighted by atomic mass is 16.5. The van der Waals surface area contributed by atoms with Gasteiger partial charge in [0, 0.05) is 49.1 Å². The number of benzene rings is 1. The van der Waals surface area contributed by atoms with Crippen molar-refractivity contribution in [1.82, 2.24) is 24.8 Å². The van der Waals surface area contributed by atoms with Crippen molar-refractivity contribution in [2.45, 2.75) is 37.6 Å². The van der Waals surface area contributed by atoms with Crippen molar-refractivity contribution < 1.29 is 9.53 Å². The number of hydrogen-bond donors (Lipinski definition) is 1. The number of nitrogens with one attached hydrogen (secondary N) is 1. The van der Waals surface area contributed by atoms with Crippen LogP contribution in [0.25, 0.3) is 16.9 Å². The van der Waals surface area contributed by atoms with E-state index in [1.807, 2.05) is 35.0 Å². The minimum absolute atomic E-state index is 0.0379. The predicted octanol–water partition coefficient (Wildman–Crippen LogP) is 3.19. The van der Waals surface area contributed by atoms with Crippen LogP contribution in [0.5, 0.6) is 0 Å². The van der Waals surface area contributed by atoms with Gasteiger partial charge < -0.3 is 10.1 Å². The van der Waals surface area contributed by atoms with Crippen molar-refractivity contribution in [3.05, 3.63) is 54.5 Å². The van der Waals surface area contributed by atoms with E-state index in [1.54, 1.807) is 18.5 Å². The Morgan fingerprint density at radius 3 is 2.55 bits per heavy atom. The first-order chi connectivity index (χ1) is 15.3. The molecule has 1 saturated heterocycles. The van der Waals surface area contributed by atoms with Crippen molar-refractivity contribution >= 4 is 16.8 Å². The lowest BCUT2D eigenvalue weighted by atomic mass is 9.79. The highest BCUT2D eigenvalue weighted by Crippen LogP contribution is 2.34. The number of rotatable bonds is 5. The molecule has 2 aliphatic rings. The molecule has 7 heteroatoms. The minimum Gasteiger partial charge on any atom is -0.379 e. The van der Waals surface area contributed by atoms with Crippen LogP contribution < -0.4 is 5.32 Å². The Balaban J connectivity index is 1.41. The van der Waals surface area contributed by atoms with Crippen molar-refractivity contribution in [3.8, 4) is 5.95 Å². The summed E-state index contributed by atoms with van der Waals surface area (Å²) in [5.74, 6) is 0.527. The zero-order valence-electron chi connectivity index (χ0n) is 17.8. The average Bonchev–Trinajstić information content (AvgIpc) is 3.24. The second-order valence-electron chi connectivity index (χ2n) is 8.55. The molecule has 162 valence electrons. The second-order valence-corrected chi connectivity index (χ2v) is 8.55. The van der Waals surface area contributed by atoms with Crippen molar-refractivity contribution in [1.29, 1.82) is 0 Å². The fourth-order valence-electron chi connectivity index (χ4n) is 5.13. The second kappa shape index (κ2) is 8.77. The first-order valence-corrected chi connectivity index (χ1v) is 11.3. The first-order valence-electron chi connectivity index (χ1n) is 11.3. The zero-order chi connectivity index (χ0) is 21.1. The number of nitrogens with zero attached hydrogens (tertiary/aromatic N) is 4. The molecule has 1 aliphatic heterocycles. The highest BCUT2D eigenvalue weighted by Gasteiger charge is 2.39. The summed E-state index contributed by atoms with van der Waals surface area (Å²) in [6.07, 6.45) is 11.3. The molecule has 0 atom stereocenters. The van der Waals surface area contributed by atoms with Gasteiger partial charge in [0.2, 0.25) is 5.95 Å². The summed E-state index contributed by atoms with van der Waals surface area (Å²) >= 11 is 0. The Kier molecular flexibility index (Phi) is 5.70. The first kappa shape index (κ1) is 20.2. The van der Waals surface area contributed by atoms with Crippen LogP contribution >= 0.6 is 0 Å². The van der Waals surface area contributed by atoms with Crippen LogP contribution in [0.2, 0.25) is 0 Å². The summed E-state index contributed by atoms with van der Waals surface area (Å²) in [6, 6.07) is 9.71. The molecule has 3 aromatic rings. The van der Waals surface area contributed by atoms with Crippen molar-refractivity contribution in [3.63, 3.8) is 0 Å². The smallest absolute Gasteiger partial charge is 0.253 e. The molecule has 0 spiro atoms. The van der Waals surface area contributed by atoms with Crippen molar-refractivity contribution in [2.24, 2.45) is 0 Å². The van der Waals surface area contributed by atoms with E-state index in [0.29, 0.717) is 18.1 Å². The van der Waals surface area contributed by atoms with Crippen molar-refractivity contribution in [2.75, 3.05) is 32.8 Å². The molecule has 5 rings (SSSR count). The zero-order valence-corrected chi connectivity index (χ0v) is 17.8. The van der Waals surface area contributed by atoms with Gasteiger partial charge in [0.25, 0.3) is 5.91 Å². The molecule has 2 fully saturated rings. The molecular formula is C24H29N5O2. The third-order valence-electron chi connectivity index (χ3n) is 6.77. The lowest BCUT2D eigenvalue weighted by Gasteiger charge is -2.48. The lowest BCUT2D eigenvalue weighted by Crippen LogP contribution is -2.59. The molecule has 1 N–H and O–H groups in total. The highest BCUT2D eigenvalue weighted by molar-refractivity contribution is 6.07. The van der Waals surface area contributed by atoms with E-state index < -0.39 is 0 Å². The summed E-state index contributed by atoms with van der Waals surface area (Å²) in [5, 5.41) is 4.20. The molecule has 0 bridgehead atoms. The summed E-state index contributed by atoms with van der Waals surface area (Å²) < 4.78 is 7.47. The van der Waals surface area contributed by atoms with Crippen LogP contribution in [0, 0.1) is 0 Å². The monoisotopic (exact) mass is 419 g/mol. The number of carbonyl (C=O) groups excluding carboxylic acids is 1. The number of carbonyl (C=O) groups is 1. The fourth-order valence-corrected chi connectivity index (χ4v) is 5.13. The fraction of sp³-hybridized carbons (Fsp3) is 0.458. The van der Waals surface area contributed by atoms with Gasteiger partial charge in [-0.25, -0.2) is 9.97 Å². The Hall–Kier alpha value is -2.77. The van der Waals surface area contributed by atoms with Gasteiger partial charge in [-0.3, -0.25) is 14.3 Å². The number of fused-ring (bicyclic) bond motifs is 1. The van der Waals surface area contributed by atoms with Crippen LogP contribution in [0.1, 0.15) is 42.5 Å². The Morgan fingerprint density at radius 2 is 1.77 bits per heavy atom. The average molecular weight is 420 g/mol. The quantitative estimate of drug-likeness (QED) is 0.688. The number of para-hydroxylation sites is 1. The Bertz CT molecular complexity index is 1040. The maximum atomic E-state index is 13.4. The number of aromatic nitrogens is 3. The van der Waals surface area contributed by atoms with Gasteiger partial charge >= 0.3 is 0 Å². The Morgan fingerprint density at radius 1 is 1.03 bits per heavy atom. The maximum Gasteiger partial charge on any atom is 0.253 e. The largest absolute Gasteiger partial charge is 0.379 e. The Labute approximate surface area is 182 Å². The van der Waals surface area contributed by atoms with E-state index in [1.165, 1.54) is 19.3 Å². The summed E-state index contributed by atoms with van der Waals surface area (Å²) in [4.78, 5) is 24.6. The predicted molar refractivity (Wildman–Crippen MR) is 119 cm³/mol. The SMILES string of the molecule is O=C(NCC1(N2CCOCC2)CCCCC1)c1cn(-c2ncccn2)c2ccccc12. The van der Waals surface area contributed by atoms with Crippen LogP contribution in [-0.2, 0) is 4.74 Å². The van der Waals surface area contributed by atoms with Gasteiger partial charge in [0.05, 0.1) is 24.3 Å². The summed E-state index contributed by atoms with van der Waals surface area (Å²) in [5.41, 5.74) is 1.63. The van der Waals surface area contributed by atoms with E-state index >= 15 is 0 Å². The van der Waals surface area contributed by atoms with Crippen LogP contribution in [0.4, 0.5) is 0 Å². The molecule has 3 heterocycles. The van der Waals surface area contributed by atoms with E-state index in [9.17, 15) is 4.79 Å². The molecular weight excluding hydrogens is 390 g/mol. The topological polar surface area (TPSA) is 72.3 Å². The van der Waals surface area contributed by atoms with Crippen LogP contribution in [0.15, 0.2) is 48.9 Å². The summed E-state index contributed by atoms with van der Waals surface area (Å²) in [6.45, 7) is 4.12. The van der Waals surface area contributed by atoms with E-state index in [0.717, 1.165) is 50.0 Å². The van der Waals surface area contributed by atoms with E-state index in [2.05, 4.69) is 20.2 Å². The van der Waals surface area contributed by atoms with Crippen LogP contribution in [-0.4, -0.2) is 63.7 Å². The van der Waals surface area contributed by atoms with Gasteiger partial charge in [-0.05, 0) is 25.0 Å². The number of hydrogen-bond acceptors (Lipinski definition) is 5. The normalized spacial score (nSPS) is 19.4. The molecule has 7 nitrogen and oxygen atoms in total. The number of amides is 1. The minimum atomic E-state index is -0.0379. The van der Waals surface area contributed by atoms with Gasteiger partial charge in [0.1, 0.15) is 0 Å². The number of morpholine rings is 1. The molecule has 0 unspecified atom stereocenters. The molecule has 1 amide bonds. The third-order valence-corrected chi connectivity index (χ3v) is 6.77. The lowest BCUT2D eigenvalue weighted by molar-refractivity contribution is -0.0361. The van der Waals surface area contributed by atoms with Gasteiger partial charge in [-0.1, -0.05) is 37.5 Å². The standard InChI is InChI=1S/C24H29N5O2/c30-22(27-18-24(9-4-1-5-10-24)28-13-15-31-16-14-28)20-17-29(23-25-11-6-12-26-23)21-8-3-2-7-19(20)21/h2-3,6-8,11-12,17H,1,4-5,9-10,13-16,18H2,(H,27,30). The third kappa shape index (κ3) is 3.95. The molecule has 1 aliphatic carbocycles. The maximum absolute atomic E-state index is 13.4. The van der Waals surface area contributed by atoms with Gasteiger partial charge in [0.15, 0.2) is 0 Å². The molecule has 1 aromatic carbocycles. The van der Waals surface area contributed by atoms with Crippen LogP contribution in [0.3, 0.4) is 0 Å². The number of ether oxygens (including phenoxy) is 1.